The van der Waals surface area contributed by atoms with Crippen LogP contribution in [-0.4, -0.2) is 18.3 Å². The summed E-state index contributed by atoms with van der Waals surface area (Å²) in [5.74, 6) is 3.71. The Kier molecular flexibility index (Phi) is 1.94. The van der Waals surface area contributed by atoms with Gasteiger partial charge in [0.25, 0.3) is 0 Å². The molecule has 0 amide bonds. The van der Waals surface area contributed by atoms with Gasteiger partial charge in [0.05, 0.1) is 6.61 Å². The minimum Gasteiger partial charge on any atom is -0.396 e. The molecule has 2 nitrogen and oxygen atoms in total. The molecule has 80 valence electrons. The normalized spacial score (nSPS) is 55.3. The van der Waals surface area contributed by atoms with E-state index in [0.29, 0.717) is 13.2 Å². The van der Waals surface area contributed by atoms with Gasteiger partial charge in [-0.25, -0.2) is 0 Å². The molecule has 3 saturated carbocycles. The standard InChI is InChI=1S/C12H21NO/c13-6-12(7-14)5-11(12)10-4-8-1-2-9(10)3-8/h8-11,14H,1-7,13H2. The van der Waals surface area contributed by atoms with Crippen LogP contribution in [-0.2, 0) is 0 Å². The highest BCUT2D eigenvalue weighted by Crippen LogP contribution is 2.64. The number of aliphatic hydroxyl groups is 1. The highest BCUT2D eigenvalue weighted by atomic mass is 16.3. The average Bonchev–Trinajstić information content (AvgIpc) is 2.57. The average molecular weight is 195 g/mol. The molecular weight excluding hydrogens is 174 g/mol. The second-order valence-corrected chi connectivity index (χ2v) is 5.87. The van der Waals surface area contributed by atoms with Crippen LogP contribution in [0.1, 0.15) is 32.1 Å². The first-order chi connectivity index (χ1) is 6.79. The van der Waals surface area contributed by atoms with Crippen molar-refractivity contribution >= 4 is 0 Å². The van der Waals surface area contributed by atoms with Crippen molar-refractivity contribution in [3.05, 3.63) is 0 Å². The molecule has 5 unspecified atom stereocenters. The fourth-order valence-electron chi connectivity index (χ4n) is 4.25. The Bertz CT molecular complexity index is 236. The van der Waals surface area contributed by atoms with E-state index in [1.54, 1.807) is 0 Å². The monoisotopic (exact) mass is 195 g/mol. The van der Waals surface area contributed by atoms with E-state index in [2.05, 4.69) is 0 Å². The summed E-state index contributed by atoms with van der Waals surface area (Å²) >= 11 is 0. The fraction of sp³-hybridized carbons (Fsp3) is 1.00. The van der Waals surface area contributed by atoms with Crippen LogP contribution in [0, 0.1) is 29.1 Å². The third-order valence-corrected chi connectivity index (χ3v) is 5.28. The molecule has 3 rings (SSSR count). The maximum atomic E-state index is 9.38. The number of hydrogen-bond acceptors (Lipinski definition) is 2. The Balaban J connectivity index is 1.69. The van der Waals surface area contributed by atoms with Gasteiger partial charge >= 0.3 is 0 Å². The molecule has 3 N–H and O–H groups in total. The van der Waals surface area contributed by atoms with Gasteiger partial charge in [-0.05, 0) is 49.4 Å². The number of aliphatic hydroxyl groups excluding tert-OH is 1. The lowest BCUT2D eigenvalue weighted by atomic mass is 9.82. The van der Waals surface area contributed by atoms with Gasteiger partial charge in [-0.1, -0.05) is 6.42 Å². The SMILES string of the molecule is NCC1(CO)CC1C1CC2CCC1C2. The van der Waals surface area contributed by atoms with Crippen molar-refractivity contribution in [1.82, 2.24) is 0 Å². The number of rotatable bonds is 3. The molecule has 0 saturated heterocycles. The minimum atomic E-state index is 0.148. The molecule has 0 heterocycles. The summed E-state index contributed by atoms with van der Waals surface area (Å²) in [5, 5.41) is 9.38. The summed E-state index contributed by atoms with van der Waals surface area (Å²) in [7, 11) is 0. The molecule has 3 aliphatic rings. The topological polar surface area (TPSA) is 46.2 Å². The zero-order valence-corrected chi connectivity index (χ0v) is 8.78. The van der Waals surface area contributed by atoms with Crippen LogP contribution in [0.4, 0.5) is 0 Å². The molecule has 3 fully saturated rings. The smallest absolute Gasteiger partial charge is 0.0502 e. The Hall–Kier alpha value is -0.0800. The van der Waals surface area contributed by atoms with Gasteiger partial charge in [0.1, 0.15) is 0 Å². The van der Waals surface area contributed by atoms with E-state index in [1.165, 1.54) is 32.1 Å². The summed E-state index contributed by atoms with van der Waals surface area (Å²) in [6.45, 7) is 1.02. The van der Waals surface area contributed by atoms with E-state index >= 15 is 0 Å². The molecule has 0 aromatic heterocycles. The summed E-state index contributed by atoms with van der Waals surface area (Å²) in [4.78, 5) is 0. The zero-order chi connectivity index (χ0) is 9.76. The van der Waals surface area contributed by atoms with E-state index in [-0.39, 0.29) is 5.41 Å². The molecule has 3 aliphatic carbocycles. The lowest BCUT2D eigenvalue weighted by Crippen LogP contribution is -2.26. The van der Waals surface area contributed by atoms with E-state index < -0.39 is 0 Å². The van der Waals surface area contributed by atoms with Crippen molar-refractivity contribution in [3.8, 4) is 0 Å². The van der Waals surface area contributed by atoms with Crippen molar-refractivity contribution < 1.29 is 5.11 Å². The second-order valence-electron chi connectivity index (χ2n) is 5.87. The first-order valence-electron chi connectivity index (χ1n) is 6.10. The number of fused-ring (bicyclic) bond motifs is 2. The van der Waals surface area contributed by atoms with E-state index in [9.17, 15) is 5.11 Å². The lowest BCUT2D eigenvalue weighted by molar-refractivity contribution is 0.173. The minimum absolute atomic E-state index is 0.148. The molecular formula is C12H21NO. The van der Waals surface area contributed by atoms with Gasteiger partial charge in [0, 0.05) is 12.0 Å². The maximum absolute atomic E-state index is 9.38. The van der Waals surface area contributed by atoms with E-state index in [1.807, 2.05) is 0 Å². The van der Waals surface area contributed by atoms with Crippen LogP contribution >= 0.6 is 0 Å². The maximum Gasteiger partial charge on any atom is 0.0502 e. The molecule has 0 aliphatic heterocycles. The molecule has 2 heteroatoms. The van der Waals surface area contributed by atoms with E-state index in [4.69, 9.17) is 5.73 Å². The molecule has 14 heavy (non-hydrogen) atoms. The highest BCUT2D eigenvalue weighted by Gasteiger charge is 2.59. The van der Waals surface area contributed by atoms with Crippen LogP contribution in [0.2, 0.25) is 0 Å². The lowest BCUT2D eigenvalue weighted by Gasteiger charge is -2.24. The Morgan fingerprint density at radius 2 is 2.14 bits per heavy atom. The summed E-state index contributed by atoms with van der Waals surface area (Å²) in [5.41, 5.74) is 5.92. The Morgan fingerprint density at radius 1 is 1.29 bits per heavy atom. The van der Waals surface area contributed by atoms with Crippen molar-refractivity contribution in [2.24, 2.45) is 34.8 Å². The van der Waals surface area contributed by atoms with Gasteiger partial charge in [-0.2, -0.15) is 0 Å². The van der Waals surface area contributed by atoms with Crippen LogP contribution in [0.3, 0.4) is 0 Å². The number of nitrogens with two attached hydrogens (primary N) is 1. The highest BCUT2D eigenvalue weighted by molar-refractivity contribution is 5.09. The largest absolute Gasteiger partial charge is 0.396 e. The van der Waals surface area contributed by atoms with Gasteiger partial charge in [0.2, 0.25) is 0 Å². The predicted molar refractivity (Wildman–Crippen MR) is 55.6 cm³/mol. The Morgan fingerprint density at radius 3 is 2.57 bits per heavy atom. The van der Waals surface area contributed by atoms with Gasteiger partial charge in [0.15, 0.2) is 0 Å². The van der Waals surface area contributed by atoms with E-state index in [0.717, 1.165) is 23.7 Å². The molecule has 0 spiro atoms. The molecule has 0 aromatic carbocycles. The summed E-state index contributed by atoms with van der Waals surface area (Å²) < 4.78 is 0. The van der Waals surface area contributed by atoms with Crippen molar-refractivity contribution in [2.45, 2.75) is 32.1 Å². The molecule has 2 bridgehead atoms. The Labute approximate surface area is 85.9 Å². The third kappa shape index (κ3) is 1.10. The summed E-state index contributed by atoms with van der Waals surface area (Å²) in [6, 6.07) is 0. The van der Waals surface area contributed by atoms with Gasteiger partial charge in [-0.15, -0.1) is 0 Å². The third-order valence-electron chi connectivity index (χ3n) is 5.28. The second kappa shape index (κ2) is 2.96. The van der Waals surface area contributed by atoms with Crippen LogP contribution in [0.5, 0.6) is 0 Å². The van der Waals surface area contributed by atoms with Gasteiger partial charge < -0.3 is 10.8 Å². The van der Waals surface area contributed by atoms with Crippen LogP contribution < -0.4 is 5.73 Å². The quantitative estimate of drug-likeness (QED) is 0.714. The molecule has 5 atom stereocenters. The van der Waals surface area contributed by atoms with Crippen molar-refractivity contribution in [3.63, 3.8) is 0 Å². The molecule has 0 aromatic rings. The zero-order valence-electron chi connectivity index (χ0n) is 8.78. The van der Waals surface area contributed by atoms with Crippen LogP contribution in [0.15, 0.2) is 0 Å². The van der Waals surface area contributed by atoms with Crippen molar-refractivity contribution in [2.75, 3.05) is 13.2 Å². The van der Waals surface area contributed by atoms with Gasteiger partial charge in [-0.3, -0.25) is 0 Å². The summed E-state index contributed by atoms with van der Waals surface area (Å²) in [6.07, 6.45) is 7.05. The van der Waals surface area contributed by atoms with Crippen molar-refractivity contribution in [1.29, 1.82) is 0 Å². The molecule has 0 radical (unpaired) electrons. The predicted octanol–water partition coefficient (Wildman–Crippen LogP) is 1.38. The first kappa shape index (κ1) is 9.17. The fourth-order valence-corrected chi connectivity index (χ4v) is 4.25. The number of hydrogen-bond donors (Lipinski definition) is 2. The first-order valence-corrected chi connectivity index (χ1v) is 6.10. The van der Waals surface area contributed by atoms with Crippen LogP contribution in [0.25, 0.3) is 0 Å².